The van der Waals surface area contributed by atoms with Gasteiger partial charge in [0.2, 0.25) is 5.91 Å². The number of nitrogens with zero attached hydrogens (tertiary/aromatic N) is 2. The van der Waals surface area contributed by atoms with Gasteiger partial charge in [0.05, 0.1) is 26.3 Å². The summed E-state index contributed by atoms with van der Waals surface area (Å²) in [5.74, 6) is 1.07. The zero-order valence-electron chi connectivity index (χ0n) is 16.4. The average molecular weight is 388 g/mol. The van der Waals surface area contributed by atoms with Gasteiger partial charge in [-0.1, -0.05) is 12.1 Å². The third-order valence-corrected chi connectivity index (χ3v) is 5.71. The van der Waals surface area contributed by atoms with Crippen molar-refractivity contribution in [1.29, 1.82) is 0 Å². The van der Waals surface area contributed by atoms with Crippen molar-refractivity contribution in [2.75, 3.05) is 28.1 Å². The van der Waals surface area contributed by atoms with Gasteiger partial charge >= 0.3 is 6.09 Å². The highest BCUT2D eigenvalue weighted by Gasteiger charge is 2.54. The summed E-state index contributed by atoms with van der Waals surface area (Å²) in [6.45, 7) is 1.98. The summed E-state index contributed by atoms with van der Waals surface area (Å²) in [7, 11) is 4.47. The van der Waals surface area contributed by atoms with Gasteiger partial charge in [0.15, 0.2) is 18.3 Å². The molecule has 3 heterocycles. The van der Waals surface area contributed by atoms with E-state index in [4.69, 9.17) is 18.9 Å². The molecule has 3 atom stereocenters. The number of piperazine rings is 1. The van der Waals surface area contributed by atoms with Gasteiger partial charge in [-0.3, -0.25) is 9.69 Å². The Morgan fingerprint density at radius 1 is 1.25 bits per heavy atom. The number of hydrogen-bond acceptors (Lipinski definition) is 6. The minimum atomic E-state index is -0.605. The number of hydrogen-bond donors (Lipinski definition) is 0. The van der Waals surface area contributed by atoms with Gasteiger partial charge in [0.1, 0.15) is 6.04 Å². The van der Waals surface area contributed by atoms with Gasteiger partial charge in [-0.05, 0) is 24.5 Å². The van der Waals surface area contributed by atoms with Gasteiger partial charge in [-0.15, -0.1) is 0 Å². The van der Waals surface area contributed by atoms with E-state index in [2.05, 4.69) is 0 Å². The fourth-order valence-corrected chi connectivity index (χ4v) is 4.66. The van der Waals surface area contributed by atoms with Gasteiger partial charge < -0.3 is 23.8 Å². The van der Waals surface area contributed by atoms with Crippen LogP contribution in [0.1, 0.15) is 29.2 Å². The van der Waals surface area contributed by atoms with Crippen molar-refractivity contribution in [3.63, 3.8) is 0 Å². The smallest absolute Gasteiger partial charge is 0.410 e. The topological polar surface area (TPSA) is 77.5 Å². The first kappa shape index (κ1) is 18.6. The van der Waals surface area contributed by atoms with Crippen molar-refractivity contribution in [2.24, 2.45) is 0 Å². The van der Waals surface area contributed by atoms with Crippen LogP contribution in [-0.2, 0) is 20.7 Å². The number of amides is 2. The molecular formula is C20H24N2O6. The van der Waals surface area contributed by atoms with E-state index in [0.717, 1.165) is 16.7 Å². The summed E-state index contributed by atoms with van der Waals surface area (Å²) < 4.78 is 21.7. The van der Waals surface area contributed by atoms with E-state index >= 15 is 0 Å². The first-order valence-corrected chi connectivity index (χ1v) is 9.20. The number of fused-ring (bicyclic) bond motifs is 6. The molecule has 0 radical (unpaired) electrons. The van der Waals surface area contributed by atoms with Crippen molar-refractivity contribution in [1.82, 2.24) is 9.80 Å². The molecule has 28 heavy (non-hydrogen) atoms. The first-order chi connectivity index (χ1) is 13.5. The molecule has 2 amide bonds. The molecule has 0 unspecified atom stereocenters. The molecule has 8 heteroatoms. The molecule has 1 aromatic carbocycles. The van der Waals surface area contributed by atoms with Crippen LogP contribution >= 0.6 is 0 Å². The second kappa shape index (κ2) is 7.01. The molecule has 2 bridgehead atoms. The SMILES string of the molecule is COCOc1c(OC)c(C)cc2c1[C@@H]1[C@@H]3CC=CN3C(=O)[C@H](C2)N1C(=O)OC. The van der Waals surface area contributed by atoms with Gasteiger partial charge in [0.25, 0.3) is 0 Å². The van der Waals surface area contributed by atoms with Crippen LogP contribution in [0.4, 0.5) is 4.79 Å². The Balaban J connectivity index is 1.94. The standard InChI is InChI=1S/C20H24N2O6/c1-11-8-12-9-14-19(23)21-7-5-6-13(21)16(22(14)20(24)27-4)15(12)18(17(11)26-3)28-10-25-2/h5,7-8,13-14,16H,6,9-10H2,1-4H3/t13-,14-,16-/m0/s1. The van der Waals surface area contributed by atoms with E-state index in [1.165, 1.54) is 7.11 Å². The van der Waals surface area contributed by atoms with Crippen LogP contribution in [0.25, 0.3) is 0 Å². The Morgan fingerprint density at radius 3 is 2.71 bits per heavy atom. The quantitative estimate of drug-likeness (QED) is 0.736. The first-order valence-electron chi connectivity index (χ1n) is 9.20. The summed E-state index contributed by atoms with van der Waals surface area (Å²) in [6.07, 6.45) is 4.30. The fourth-order valence-electron chi connectivity index (χ4n) is 4.66. The highest BCUT2D eigenvalue weighted by Crippen LogP contribution is 2.51. The van der Waals surface area contributed by atoms with E-state index < -0.39 is 18.2 Å². The molecule has 0 aromatic heterocycles. The molecule has 150 valence electrons. The molecule has 0 aliphatic carbocycles. The van der Waals surface area contributed by atoms with Crippen LogP contribution in [0.3, 0.4) is 0 Å². The maximum atomic E-state index is 13.1. The fraction of sp³-hybridized carbons (Fsp3) is 0.500. The normalized spacial score (nSPS) is 24.7. The highest BCUT2D eigenvalue weighted by molar-refractivity contribution is 5.90. The molecule has 0 spiro atoms. The molecule has 0 saturated carbocycles. The number of benzene rings is 1. The number of carbonyl (C=O) groups is 2. The molecule has 1 aromatic rings. The lowest BCUT2D eigenvalue weighted by Gasteiger charge is -2.51. The lowest BCUT2D eigenvalue weighted by molar-refractivity contribution is -0.145. The summed E-state index contributed by atoms with van der Waals surface area (Å²) in [4.78, 5) is 29.1. The number of carbonyl (C=O) groups excluding carboxylic acids is 2. The Hall–Kier alpha value is -2.74. The summed E-state index contributed by atoms with van der Waals surface area (Å²) in [5.41, 5.74) is 2.75. The zero-order valence-corrected chi connectivity index (χ0v) is 16.4. The highest BCUT2D eigenvalue weighted by atomic mass is 16.7. The Bertz CT molecular complexity index is 852. The second-order valence-corrected chi connectivity index (χ2v) is 7.15. The summed E-state index contributed by atoms with van der Waals surface area (Å²) in [6, 6.07) is 0.815. The Kier molecular flexibility index (Phi) is 4.66. The molecule has 1 fully saturated rings. The minimum absolute atomic E-state index is 0.0478. The number of methoxy groups -OCH3 is 3. The number of ether oxygens (including phenoxy) is 4. The number of rotatable bonds is 4. The van der Waals surface area contributed by atoms with Crippen LogP contribution in [-0.4, -0.2) is 62.0 Å². The molecule has 3 aliphatic heterocycles. The third kappa shape index (κ3) is 2.55. The van der Waals surface area contributed by atoms with Gasteiger partial charge in [-0.2, -0.15) is 0 Å². The molecule has 8 nitrogen and oxygen atoms in total. The van der Waals surface area contributed by atoms with E-state index in [-0.39, 0.29) is 18.7 Å². The van der Waals surface area contributed by atoms with Crippen LogP contribution in [0.2, 0.25) is 0 Å². The lowest BCUT2D eigenvalue weighted by atomic mass is 9.79. The molecule has 1 saturated heterocycles. The van der Waals surface area contributed by atoms with Crippen molar-refractivity contribution in [2.45, 2.75) is 37.9 Å². The molecule has 0 N–H and O–H groups in total. The van der Waals surface area contributed by atoms with Crippen LogP contribution < -0.4 is 9.47 Å². The van der Waals surface area contributed by atoms with Crippen molar-refractivity contribution < 1.29 is 28.5 Å². The largest absolute Gasteiger partial charge is 0.493 e. The van der Waals surface area contributed by atoms with E-state index in [1.54, 1.807) is 24.0 Å². The van der Waals surface area contributed by atoms with E-state index in [9.17, 15) is 9.59 Å². The summed E-state index contributed by atoms with van der Waals surface area (Å²) in [5, 5.41) is 0. The van der Waals surface area contributed by atoms with E-state index in [1.807, 2.05) is 25.3 Å². The summed E-state index contributed by atoms with van der Waals surface area (Å²) >= 11 is 0. The van der Waals surface area contributed by atoms with Crippen molar-refractivity contribution in [3.05, 3.63) is 35.0 Å². The number of aryl methyl sites for hydroxylation is 1. The predicted octanol–water partition coefficient (Wildman–Crippen LogP) is 2.15. The Morgan fingerprint density at radius 2 is 2.04 bits per heavy atom. The maximum Gasteiger partial charge on any atom is 0.410 e. The van der Waals surface area contributed by atoms with Gasteiger partial charge in [-0.25, -0.2) is 4.79 Å². The Labute approximate surface area is 163 Å². The lowest BCUT2D eigenvalue weighted by Crippen LogP contribution is -2.64. The maximum absolute atomic E-state index is 13.1. The van der Waals surface area contributed by atoms with Crippen LogP contribution in [0.15, 0.2) is 18.3 Å². The molecule has 4 rings (SSSR count). The second-order valence-electron chi connectivity index (χ2n) is 7.15. The monoisotopic (exact) mass is 388 g/mol. The van der Waals surface area contributed by atoms with Crippen LogP contribution in [0.5, 0.6) is 11.5 Å². The van der Waals surface area contributed by atoms with Crippen molar-refractivity contribution >= 4 is 12.0 Å². The van der Waals surface area contributed by atoms with Crippen molar-refractivity contribution in [3.8, 4) is 11.5 Å². The average Bonchev–Trinajstić information content (AvgIpc) is 3.18. The van der Waals surface area contributed by atoms with E-state index in [0.29, 0.717) is 24.3 Å². The predicted molar refractivity (Wildman–Crippen MR) is 99.1 cm³/mol. The molecule has 3 aliphatic rings. The zero-order chi connectivity index (χ0) is 20.0. The van der Waals surface area contributed by atoms with Crippen LogP contribution in [0, 0.1) is 6.92 Å². The third-order valence-electron chi connectivity index (χ3n) is 5.71. The van der Waals surface area contributed by atoms with Gasteiger partial charge in [0, 0.05) is 25.3 Å². The molecular weight excluding hydrogens is 364 g/mol. The minimum Gasteiger partial charge on any atom is -0.493 e.